The molecule has 0 radical (unpaired) electrons. The zero-order valence-electron chi connectivity index (χ0n) is 9.23. The third-order valence-electron chi connectivity index (χ3n) is 3.43. The summed E-state index contributed by atoms with van der Waals surface area (Å²) in [7, 11) is 0. The van der Waals surface area contributed by atoms with Crippen molar-refractivity contribution in [2.24, 2.45) is 5.73 Å². The molecule has 16 heavy (non-hydrogen) atoms. The maximum atomic E-state index is 5.84. The van der Waals surface area contributed by atoms with Crippen molar-refractivity contribution in [3.8, 4) is 0 Å². The van der Waals surface area contributed by atoms with Crippen LogP contribution in [-0.2, 0) is 0 Å². The molecule has 0 aliphatic carbocycles. The Morgan fingerprint density at radius 2 is 2.31 bits per heavy atom. The first-order valence-electron chi connectivity index (χ1n) is 5.83. The van der Waals surface area contributed by atoms with E-state index in [9.17, 15) is 0 Å². The van der Waals surface area contributed by atoms with Gasteiger partial charge in [0.05, 0.1) is 0 Å². The first-order chi connectivity index (χ1) is 7.90. The highest BCUT2D eigenvalue weighted by atomic mass is 32.1. The molecule has 84 valence electrons. The van der Waals surface area contributed by atoms with Gasteiger partial charge in [0, 0.05) is 34.9 Å². The Labute approximate surface area is 99.7 Å². The van der Waals surface area contributed by atoms with Crippen LogP contribution < -0.4 is 10.6 Å². The van der Waals surface area contributed by atoms with Gasteiger partial charge in [-0.3, -0.25) is 0 Å². The highest BCUT2D eigenvalue weighted by molar-refractivity contribution is 7.17. The second-order valence-corrected chi connectivity index (χ2v) is 5.28. The van der Waals surface area contributed by atoms with E-state index in [0.29, 0.717) is 6.04 Å². The Morgan fingerprint density at radius 1 is 1.38 bits per heavy atom. The van der Waals surface area contributed by atoms with E-state index in [0.717, 1.165) is 13.1 Å². The van der Waals surface area contributed by atoms with Gasteiger partial charge >= 0.3 is 0 Å². The summed E-state index contributed by atoms with van der Waals surface area (Å²) >= 11 is 1.81. The number of nitrogens with two attached hydrogens (primary N) is 1. The summed E-state index contributed by atoms with van der Waals surface area (Å²) in [5, 5.41) is 3.55. The van der Waals surface area contributed by atoms with E-state index in [4.69, 9.17) is 5.73 Å². The van der Waals surface area contributed by atoms with Gasteiger partial charge < -0.3 is 10.6 Å². The molecule has 2 N–H and O–H groups in total. The Bertz CT molecular complexity index is 491. The minimum atomic E-state index is 0.533. The summed E-state index contributed by atoms with van der Waals surface area (Å²) in [5.41, 5.74) is 7.21. The number of fused-ring (bicyclic) bond motifs is 1. The molecule has 1 atom stereocenters. The summed E-state index contributed by atoms with van der Waals surface area (Å²) in [5.74, 6) is 0. The number of hydrogen-bond acceptors (Lipinski definition) is 3. The first kappa shape index (κ1) is 10.1. The van der Waals surface area contributed by atoms with E-state index < -0.39 is 0 Å². The maximum absolute atomic E-state index is 5.84. The zero-order chi connectivity index (χ0) is 11.0. The normalized spacial score (nSPS) is 20.8. The summed E-state index contributed by atoms with van der Waals surface area (Å²) in [6.07, 6.45) is 2.50. The summed E-state index contributed by atoms with van der Waals surface area (Å²) in [6, 6.07) is 9.33. The van der Waals surface area contributed by atoms with Crippen molar-refractivity contribution in [2.75, 3.05) is 18.0 Å². The molecule has 1 aliphatic heterocycles. The lowest BCUT2D eigenvalue weighted by Gasteiger charge is -2.26. The molecule has 1 saturated heterocycles. The second-order valence-electron chi connectivity index (χ2n) is 4.33. The molecular formula is C13H16N2S. The molecule has 1 fully saturated rings. The third kappa shape index (κ3) is 1.51. The van der Waals surface area contributed by atoms with Gasteiger partial charge in [0.1, 0.15) is 0 Å². The van der Waals surface area contributed by atoms with E-state index in [1.807, 2.05) is 11.3 Å². The lowest BCUT2D eigenvalue weighted by molar-refractivity contribution is 0.678. The average molecular weight is 232 g/mol. The highest BCUT2D eigenvalue weighted by Gasteiger charge is 2.24. The molecule has 1 aromatic carbocycles. The van der Waals surface area contributed by atoms with E-state index in [2.05, 4.69) is 34.5 Å². The molecule has 2 heterocycles. The van der Waals surface area contributed by atoms with Crippen molar-refractivity contribution in [3.05, 3.63) is 29.6 Å². The summed E-state index contributed by atoms with van der Waals surface area (Å²) < 4.78 is 1.38. The minimum absolute atomic E-state index is 0.533. The first-order valence-corrected chi connectivity index (χ1v) is 6.71. The minimum Gasteiger partial charge on any atom is -0.367 e. The fraction of sp³-hybridized carbons (Fsp3) is 0.385. The fourth-order valence-electron chi connectivity index (χ4n) is 2.63. The number of benzene rings is 1. The topological polar surface area (TPSA) is 29.3 Å². The number of thiophene rings is 1. The van der Waals surface area contributed by atoms with E-state index in [1.165, 1.54) is 28.6 Å². The van der Waals surface area contributed by atoms with Gasteiger partial charge in [0.2, 0.25) is 0 Å². The molecule has 3 rings (SSSR count). The van der Waals surface area contributed by atoms with Crippen LogP contribution in [0.25, 0.3) is 10.1 Å². The molecule has 3 heteroatoms. The number of anilines is 1. The van der Waals surface area contributed by atoms with Crippen LogP contribution in [0.4, 0.5) is 5.69 Å². The van der Waals surface area contributed by atoms with Gasteiger partial charge in [-0.05, 0) is 36.4 Å². The molecule has 2 aromatic rings. The molecule has 1 aliphatic rings. The standard InChI is InChI=1S/C13H16N2S/c14-9-10-3-2-7-15(10)12-4-1-5-13-11(12)6-8-16-13/h1,4-6,8,10H,2-3,7,9,14H2. The predicted octanol–water partition coefficient (Wildman–Crippen LogP) is 2.83. The Morgan fingerprint density at radius 3 is 3.19 bits per heavy atom. The van der Waals surface area contributed by atoms with Crippen molar-refractivity contribution in [3.63, 3.8) is 0 Å². The lowest BCUT2D eigenvalue weighted by atomic mass is 10.1. The SMILES string of the molecule is NCC1CCCN1c1cccc2sccc12. The van der Waals surface area contributed by atoms with Crippen LogP contribution in [0.15, 0.2) is 29.6 Å². The van der Waals surface area contributed by atoms with E-state index >= 15 is 0 Å². The van der Waals surface area contributed by atoms with Crippen molar-refractivity contribution < 1.29 is 0 Å². The third-order valence-corrected chi connectivity index (χ3v) is 4.31. The maximum Gasteiger partial charge on any atom is 0.0457 e. The Hall–Kier alpha value is -1.06. The second kappa shape index (κ2) is 4.07. The molecule has 0 saturated carbocycles. The lowest BCUT2D eigenvalue weighted by Crippen LogP contribution is -2.35. The Balaban J connectivity index is 2.07. The van der Waals surface area contributed by atoms with Crippen LogP contribution >= 0.6 is 11.3 Å². The molecule has 1 unspecified atom stereocenters. The molecule has 0 bridgehead atoms. The van der Waals surface area contributed by atoms with Crippen LogP contribution in [0.1, 0.15) is 12.8 Å². The van der Waals surface area contributed by atoms with Gasteiger partial charge in [-0.25, -0.2) is 0 Å². The number of nitrogens with zero attached hydrogens (tertiary/aromatic N) is 1. The molecule has 1 aromatic heterocycles. The van der Waals surface area contributed by atoms with Crippen LogP contribution in [0.2, 0.25) is 0 Å². The van der Waals surface area contributed by atoms with Crippen LogP contribution in [0.3, 0.4) is 0 Å². The molecule has 0 amide bonds. The molecular weight excluding hydrogens is 216 g/mol. The van der Waals surface area contributed by atoms with Gasteiger partial charge in [0.15, 0.2) is 0 Å². The van der Waals surface area contributed by atoms with Crippen LogP contribution in [0, 0.1) is 0 Å². The summed E-state index contributed by atoms with van der Waals surface area (Å²) in [4.78, 5) is 2.48. The quantitative estimate of drug-likeness (QED) is 0.862. The highest BCUT2D eigenvalue weighted by Crippen LogP contribution is 2.34. The van der Waals surface area contributed by atoms with Crippen LogP contribution in [-0.4, -0.2) is 19.1 Å². The van der Waals surface area contributed by atoms with Gasteiger partial charge in [-0.1, -0.05) is 6.07 Å². The van der Waals surface area contributed by atoms with Gasteiger partial charge in [-0.2, -0.15) is 0 Å². The van der Waals surface area contributed by atoms with Crippen molar-refractivity contribution in [1.29, 1.82) is 0 Å². The van der Waals surface area contributed by atoms with Crippen molar-refractivity contribution >= 4 is 27.1 Å². The number of rotatable bonds is 2. The monoisotopic (exact) mass is 232 g/mol. The predicted molar refractivity (Wildman–Crippen MR) is 71.2 cm³/mol. The molecule has 0 spiro atoms. The largest absolute Gasteiger partial charge is 0.367 e. The van der Waals surface area contributed by atoms with Gasteiger partial charge in [-0.15, -0.1) is 11.3 Å². The van der Waals surface area contributed by atoms with Crippen molar-refractivity contribution in [2.45, 2.75) is 18.9 Å². The summed E-state index contributed by atoms with van der Waals surface area (Å²) in [6.45, 7) is 1.91. The van der Waals surface area contributed by atoms with Gasteiger partial charge in [0.25, 0.3) is 0 Å². The average Bonchev–Trinajstić information content (AvgIpc) is 2.96. The van der Waals surface area contributed by atoms with Crippen LogP contribution in [0.5, 0.6) is 0 Å². The number of hydrogen-bond donors (Lipinski definition) is 1. The Kier molecular flexibility index (Phi) is 2.58. The van der Waals surface area contributed by atoms with Crippen molar-refractivity contribution in [1.82, 2.24) is 0 Å². The van der Waals surface area contributed by atoms with E-state index in [1.54, 1.807) is 0 Å². The van der Waals surface area contributed by atoms with E-state index in [-0.39, 0.29) is 0 Å². The molecule has 2 nitrogen and oxygen atoms in total. The smallest absolute Gasteiger partial charge is 0.0457 e. The fourth-order valence-corrected chi connectivity index (χ4v) is 3.43. The zero-order valence-corrected chi connectivity index (χ0v) is 10.0.